The van der Waals surface area contributed by atoms with Crippen LogP contribution in [-0.4, -0.2) is 17.0 Å². The van der Waals surface area contributed by atoms with E-state index in [9.17, 15) is 9.90 Å². The Morgan fingerprint density at radius 2 is 2.31 bits per heavy atom. The fourth-order valence-corrected chi connectivity index (χ4v) is 1.89. The van der Waals surface area contributed by atoms with Crippen molar-refractivity contribution >= 4 is 5.78 Å². The summed E-state index contributed by atoms with van der Waals surface area (Å²) < 4.78 is 0. The molecule has 1 aliphatic rings. The predicted molar refractivity (Wildman–Crippen MR) is 65.9 cm³/mol. The Labute approximate surface area is 98.1 Å². The van der Waals surface area contributed by atoms with Crippen molar-refractivity contribution in [3.05, 3.63) is 30.2 Å². The van der Waals surface area contributed by atoms with Crippen LogP contribution in [0.5, 0.6) is 0 Å². The van der Waals surface area contributed by atoms with Gasteiger partial charge in [-0.1, -0.05) is 31.4 Å². The van der Waals surface area contributed by atoms with E-state index in [1.165, 1.54) is 0 Å². The minimum absolute atomic E-state index is 0.146. The lowest BCUT2D eigenvalue weighted by molar-refractivity contribution is -0.114. The lowest BCUT2D eigenvalue weighted by Gasteiger charge is -2.03. The summed E-state index contributed by atoms with van der Waals surface area (Å²) in [4.78, 5) is 11.5. The van der Waals surface area contributed by atoms with Crippen LogP contribution in [0.15, 0.2) is 23.3 Å². The number of hydrogen-bond donors (Lipinski definition) is 1. The van der Waals surface area contributed by atoms with Crippen LogP contribution in [0.2, 0.25) is 0 Å². The average Bonchev–Trinajstić information content (AvgIpc) is 2.57. The summed E-state index contributed by atoms with van der Waals surface area (Å²) in [6.45, 7) is 6.00. The molecule has 0 aliphatic heterocycles. The lowest BCUT2D eigenvalue weighted by Crippen LogP contribution is -2.03. The van der Waals surface area contributed by atoms with E-state index in [0.717, 1.165) is 43.3 Å². The zero-order valence-corrected chi connectivity index (χ0v) is 10.0. The second-order valence-electron chi connectivity index (χ2n) is 4.37. The SMILES string of the molecule is [CH2]C1=C(/C=C/C(=O)CCCCC)C(O)CC1. The normalized spacial score (nSPS) is 21.1. The number of allylic oxidation sites excluding steroid dienone is 2. The van der Waals surface area contributed by atoms with E-state index in [2.05, 4.69) is 13.8 Å². The third-order valence-electron chi connectivity index (χ3n) is 2.96. The van der Waals surface area contributed by atoms with Crippen LogP contribution in [0, 0.1) is 6.92 Å². The molecule has 89 valence electrons. The van der Waals surface area contributed by atoms with E-state index in [1.807, 2.05) is 0 Å². The minimum atomic E-state index is -0.424. The summed E-state index contributed by atoms with van der Waals surface area (Å²) >= 11 is 0. The van der Waals surface area contributed by atoms with Crippen LogP contribution < -0.4 is 0 Å². The summed E-state index contributed by atoms with van der Waals surface area (Å²) in [6.07, 6.45) is 8.28. The van der Waals surface area contributed by atoms with Crippen LogP contribution in [-0.2, 0) is 4.79 Å². The summed E-state index contributed by atoms with van der Waals surface area (Å²) in [6, 6.07) is 0. The maximum atomic E-state index is 11.5. The third kappa shape index (κ3) is 3.93. The molecular formula is C14H21O2. The molecule has 0 bridgehead atoms. The molecule has 0 aromatic heterocycles. The van der Waals surface area contributed by atoms with Crippen molar-refractivity contribution in [2.75, 3.05) is 0 Å². The quantitative estimate of drug-likeness (QED) is 0.553. The van der Waals surface area contributed by atoms with Gasteiger partial charge in [-0.15, -0.1) is 0 Å². The Balaban J connectivity index is 2.41. The van der Waals surface area contributed by atoms with Gasteiger partial charge in [-0.25, -0.2) is 0 Å². The standard InChI is InChI=1S/C14H21O2/c1-3-4-5-6-12(15)8-9-13-11(2)7-10-14(13)16/h8-9,14,16H,2-7,10H2,1H3/b9-8+. The Kier molecular flexibility index (Phi) is 5.47. The zero-order chi connectivity index (χ0) is 12.0. The molecule has 2 heteroatoms. The smallest absolute Gasteiger partial charge is 0.155 e. The molecule has 1 radical (unpaired) electrons. The van der Waals surface area contributed by atoms with Gasteiger partial charge in [-0.05, 0) is 37.8 Å². The Bertz CT molecular complexity index is 300. The van der Waals surface area contributed by atoms with Gasteiger partial charge in [-0.3, -0.25) is 4.79 Å². The van der Waals surface area contributed by atoms with E-state index in [4.69, 9.17) is 0 Å². The van der Waals surface area contributed by atoms with Crippen molar-refractivity contribution in [3.8, 4) is 0 Å². The van der Waals surface area contributed by atoms with Crippen molar-refractivity contribution in [2.45, 2.75) is 51.6 Å². The molecule has 0 saturated carbocycles. The van der Waals surface area contributed by atoms with Gasteiger partial charge in [0, 0.05) is 6.42 Å². The van der Waals surface area contributed by atoms with Gasteiger partial charge in [-0.2, -0.15) is 0 Å². The van der Waals surface area contributed by atoms with Crippen LogP contribution in [0.1, 0.15) is 45.4 Å². The van der Waals surface area contributed by atoms with Crippen molar-refractivity contribution in [1.29, 1.82) is 0 Å². The molecule has 0 heterocycles. The number of carbonyl (C=O) groups excluding carboxylic acids is 1. The summed E-state index contributed by atoms with van der Waals surface area (Å²) in [5, 5.41) is 9.63. The van der Waals surface area contributed by atoms with E-state index >= 15 is 0 Å². The van der Waals surface area contributed by atoms with Gasteiger partial charge in [0.15, 0.2) is 5.78 Å². The number of ketones is 1. The maximum absolute atomic E-state index is 11.5. The highest BCUT2D eigenvalue weighted by molar-refractivity contribution is 5.90. The first-order valence-electron chi connectivity index (χ1n) is 6.09. The predicted octanol–water partition coefficient (Wildman–Crippen LogP) is 2.98. The highest BCUT2D eigenvalue weighted by atomic mass is 16.3. The summed E-state index contributed by atoms with van der Waals surface area (Å²) in [5.41, 5.74) is 1.80. The van der Waals surface area contributed by atoms with Gasteiger partial charge in [0.2, 0.25) is 0 Å². The van der Waals surface area contributed by atoms with Gasteiger partial charge >= 0.3 is 0 Å². The number of unbranched alkanes of at least 4 members (excludes halogenated alkanes) is 2. The van der Waals surface area contributed by atoms with E-state index < -0.39 is 6.10 Å². The maximum Gasteiger partial charge on any atom is 0.155 e. The molecule has 0 fully saturated rings. The minimum Gasteiger partial charge on any atom is -0.388 e. The summed E-state index contributed by atoms with van der Waals surface area (Å²) in [5.74, 6) is 0.146. The lowest BCUT2D eigenvalue weighted by atomic mass is 10.1. The van der Waals surface area contributed by atoms with E-state index in [-0.39, 0.29) is 5.78 Å². The molecule has 2 nitrogen and oxygen atoms in total. The monoisotopic (exact) mass is 221 g/mol. The van der Waals surface area contributed by atoms with Gasteiger partial charge in [0.05, 0.1) is 6.10 Å². The number of aliphatic hydroxyl groups is 1. The number of aliphatic hydroxyl groups excluding tert-OH is 1. The molecule has 1 unspecified atom stereocenters. The van der Waals surface area contributed by atoms with Crippen LogP contribution in [0.4, 0.5) is 0 Å². The molecule has 0 spiro atoms. The molecule has 1 atom stereocenters. The van der Waals surface area contributed by atoms with Crippen LogP contribution in [0.3, 0.4) is 0 Å². The molecule has 0 aromatic rings. The number of rotatable bonds is 6. The van der Waals surface area contributed by atoms with Gasteiger partial charge < -0.3 is 5.11 Å². The third-order valence-corrected chi connectivity index (χ3v) is 2.96. The largest absolute Gasteiger partial charge is 0.388 e. The van der Waals surface area contributed by atoms with E-state index in [0.29, 0.717) is 6.42 Å². The highest BCUT2D eigenvalue weighted by Gasteiger charge is 2.18. The van der Waals surface area contributed by atoms with Crippen molar-refractivity contribution in [2.24, 2.45) is 0 Å². The fraction of sp³-hybridized carbons (Fsp3) is 0.571. The van der Waals surface area contributed by atoms with Crippen molar-refractivity contribution in [1.82, 2.24) is 0 Å². The number of carbonyl (C=O) groups is 1. The molecule has 16 heavy (non-hydrogen) atoms. The number of hydrogen-bond acceptors (Lipinski definition) is 2. The van der Waals surface area contributed by atoms with Crippen molar-refractivity contribution in [3.63, 3.8) is 0 Å². The Hall–Kier alpha value is -0.890. The average molecular weight is 221 g/mol. The Morgan fingerprint density at radius 1 is 1.56 bits per heavy atom. The van der Waals surface area contributed by atoms with Crippen molar-refractivity contribution < 1.29 is 9.90 Å². The molecular weight excluding hydrogens is 200 g/mol. The van der Waals surface area contributed by atoms with Crippen LogP contribution in [0.25, 0.3) is 0 Å². The highest BCUT2D eigenvalue weighted by Crippen LogP contribution is 2.26. The summed E-state index contributed by atoms with van der Waals surface area (Å²) in [7, 11) is 0. The molecule has 1 N–H and O–H groups in total. The molecule has 1 rings (SSSR count). The first-order valence-corrected chi connectivity index (χ1v) is 6.09. The fourth-order valence-electron chi connectivity index (χ4n) is 1.89. The first kappa shape index (κ1) is 13.2. The van der Waals surface area contributed by atoms with Gasteiger partial charge in [0.1, 0.15) is 0 Å². The first-order chi connectivity index (χ1) is 7.65. The van der Waals surface area contributed by atoms with Crippen LogP contribution >= 0.6 is 0 Å². The Morgan fingerprint density at radius 3 is 2.88 bits per heavy atom. The zero-order valence-electron chi connectivity index (χ0n) is 10.0. The second kappa shape index (κ2) is 6.64. The van der Waals surface area contributed by atoms with Gasteiger partial charge in [0.25, 0.3) is 0 Å². The molecule has 0 saturated heterocycles. The topological polar surface area (TPSA) is 37.3 Å². The second-order valence-corrected chi connectivity index (χ2v) is 4.37. The van der Waals surface area contributed by atoms with E-state index in [1.54, 1.807) is 12.2 Å². The molecule has 0 amide bonds. The molecule has 0 aromatic carbocycles. The molecule has 1 aliphatic carbocycles.